The van der Waals surface area contributed by atoms with Crippen LogP contribution in [0, 0.1) is 0 Å². The van der Waals surface area contributed by atoms with Crippen molar-refractivity contribution in [2.45, 2.75) is 6.42 Å². The van der Waals surface area contributed by atoms with Crippen LogP contribution in [0.2, 0.25) is 0 Å². The molecule has 4 nitrogen and oxygen atoms in total. The second kappa shape index (κ2) is 5.44. The molecule has 4 heteroatoms. The summed E-state index contributed by atoms with van der Waals surface area (Å²) in [7, 11) is 3.70. The summed E-state index contributed by atoms with van der Waals surface area (Å²) in [5, 5.41) is 0. The minimum atomic E-state index is 0.744. The number of hydrogen-bond acceptors (Lipinski definition) is 4. The standard InChI is InChI=1S/C10H17N3O/c1-13(6-3-7-14-2)10-8-9(11)4-5-12-10/h4-5,8H,3,6-7H2,1-2H3,(H2,11,12). The van der Waals surface area contributed by atoms with Crippen molar-refractivity contribution in [3.63, 3.8) is 0 Å². The number of ether oxygens (including phenoxy) is 1. The first-order valence-corrected chi connectivity index (χ1v) is 4.65. The van der Waals surface area contributed by atoms with E-state index in [1.807, 2.05) is 13.1 Å². The van der Waals surface area contributed by atoms with Crippen LogP contribution in [0.5, 0.6) is 0 Å². The quantitative estimate of drug-likeness (QED) is 0.716. The van der Waals surface area contributed by atoms with Gasteiger partial charge in [0.2, 0.25) is 0 Å². The van der Waals surface area contributed by atoms with E-state index in [4.69, 9.17) is 10.5 Å². The van der Waals surface area contributed by atoms with Crippen LogP contribution in [0.1, 0.15) is 6.42 Å². The van der Waals surface area contributed by atoms with Gasteiger partial charge in [0.25, 0.3) is 0 Å². The maximum absolute atomic E-state index is 5.66. The van der Waals surface area contributed by atoms with Crippen LogP contribution < -0.4 is 10.6 Å². The van der Waals surface area contributed by atoms with Gasteiger partial charge in [-0.1, -0.05) is 0 Å². The summed E-state index contributed by atoms with van der Waals surface area (Å²) in [5.41, 5.74) is 6.40. The Morgan fingerprint density at radius 1 is 1.57 bits per heavy atom. The number of hydrogen-bond donors (Lipinski definition) is 1. The molecular weight excluding hydrogens is 178 g/mol. The number of anilines is 2. The van der Waals surface area contributed by atoms with E-state index in [1.54, 1.807) is 19.4 Å². The molecule has 0 bridgehead atoms. The van der Waals surface area contributed by atoms with Gasteiger partial charge in [0, 0.05) is 45.3 Å². The Kier molecular flexibility index (Phi) is 4.19. The minimum absolute atomic E-state index is 0.744. The lowest BCUT2D eigenvalue weighted by atomic mass is 10.3. The summed E-state index contributed by atoms with van der Waals surface area (Å²) in [4.78, 5) is 6.29. The molecule has 0 amide bonds. The number of aromatic nitrogens is 1. The largest absolute Gasteiger partial charge is 0.399 e. The highest BCUT2D eigenvalue weighted by Gasteiger charge is 2.01. The maximum atomic E-state index is 5.66. The number of rotatable bonds is 5. The van der Waals surface area contributed by atoms with Crippen LogP contribution in [0.25, 0.3) is 0 Å². The maximum Gasteiger partial charge on any atom is 0.130 e. The predicted molar refractivity (Wildman–Crippen MR) is 58.4 cm³/mol. The van der Waals surface area contributed by atoms with Crippen molar-refractivity contribution in [1.82, 2.24) is 4.98 Å². The summed E-state index contributed by atoms with van der Waals surface area (Å²) in [6.45, 7) is 1.69. The van der Waals surface area contributed by atoms with E-state index in [2.05, 4.69) is 9.88 Å². The zero-order chi connectivity index (χ0) is 10.4. The Hall–Kier alpha value is -1.29. The third kappa shape index (κ3) is 3.22. The number of pyridine rings is 1. The first-order chi connectivity index (χ1) is 6.74. The van der Waals surface area contributed by atoms with Gasteiger partial charge in [-0.2, -0.15) is 0 Å². The molecule has 0 radical (unpaired) electrons. The molecule has 0 aliphatic heterocycles. The minimum Gasteiger partial charge on any atom is -0.399 e. The summed E-state index contributed by atoms with van der Waals surface area (Å²) in [6, 6.07) is 3.65. The molecule has 1 aromatic heterocycles. The fraction of sp³-hybridized carbons (Fsp3) is 0.500. The first kappa shape index (κ1) is 10.8. The third-order valence-electron chi connectivity index (χ3n) is 2.00. The highest BCUT2D eigenvalue weighted by Crippen LogP contribution is 2.12. The SMILES string of the molecule is COCCCN(C)c1cc(N)ccn1. The molecule has 1 heterocycles. The first-order valence-electron chi connectivity index (χ1n) is 4.65. The molecule has 14 heavy (non-hydrogen) atoms. The van der Waals surface area contributed by atoms with E-state index in [0.29, 0.717) is 0 Å². The molecule has 0 aromatic carbocycles. The van der Waals surface area contributed by atoms with Crippen LogP contribution in [0.15, 0.2) is 18.3 Å². The molecule has 1 rings (SSSR count). The average molecular weight is 195 g/mol. The van der Waals surface area contributed by atoms with Crippen LogP contribution in [0.4, 0.5) is 11.5 Å². The Balaban J connectivity index is 2.47. The Bertz CT molecular complexity index is 278. The molecule has 0 aliphatic carbocycles. The summed E-state index contributed by atoms with van der Waals surface area (Å²) < 4.78 is 4.98. The molecule has 0 spiro atoms. The molecule has 0 fully saturated rings. The average Bonchev–Trinajstić information content (AvgIpc) is 2.18. The van der Waals surface area contributed by atoms with Gasteiger partial charge in [-0.3, -0.25) is 0 Å². The molecular formula is C10H17N3O. The lowest BCUT2D eigenvalue weighted by Gasteiger charge is -2.17. The fourth-order valence-electron chi connectivity index (χ4n) is 1.20. The van der Waals surface area contributed by atoms with E-state index >= 15 is 0 Å². The van der Waals surface area contributed by atoms with Crippen LogP contribution >= 0.6 is 0 Å². The van der Waals surface area contributed by atoms with Gasteiger partial charge in [-0.05, 0) is 12.5 Å². The molecule has 2 N–H and O–H groups in total. The Morgan fingerprint density at radius 3 is 3.00 bits per heavy atom. The van der Waals surface area contributed by atoms with Gasteiger partial charge in [0.1, 0.15) is 5.82 Å². The molecule has 0 saturated carbocycles. The second-order valence-corrected chi connectivity index (χ2v) is 3.22. The number of nitrogens with zero attached hydrogens (tertiary/aromatic N) is 2. The van der Waals surface area contributed by atoms with Gasteiger partial charge in [0.05, 0.1) is 0 Å². The lowest BCUT2D eigenvalue weighted by molar-refractivity contribution is 0.196. The molecule has 0 saturated heterocycles. The fourth-order valence-corrected chi connectivity index (χ4v) is 1.20. The summed E-state index contributed by atoms with van der Waals surface area (Å²) in [6.07, 6.45) is 2.71. The smallest absolute Gasteiger partial charge is 0.130 e. The van der Waals surface area contributed by atoms with Gasteiger partial charge in [-0.25, -0.2) is 4.98 Å². The van der Waals surface area contributed by atoms with E-state index in [9.17, 15) is 0 Å². The Morgan fingerprint density at radius 2 is 2.36 bits per heavy atom. The predicted octanol–water partition coefficient (Wildman–Crippen LogP) is 1.14. The molecule has 0 unspecified atom stereocenters. The van der Waals surface area contributed by atoms with Crippen LogP contribution in [-0.4, -0.2) is 32.3 Å². The zero-order valence-electron chi connectivity index (χ0n) is 8.73. The molecule has 78 valence electrons. The van der Waals surface area contributed by atoms with Crippen molar-refractivity contribution >= 4 is 11.5 Å². The van der Waals surface area contributed by atoms with Crippen molar-refractivity contribution in [3.05, 3.63) is 18.3 Å². The number of nitrogen functional groups attached to an aromatic ring is 1. The summed E-state index contributed by atoms with van der Waals surface area (Å²) in [5.74, 6) is 0.904. The van der Waals surface area contributed by atoms with E-state index in [1.165, 1.54) is 0 Å². The van der Waals surface area contributed by atoms with Crippen molar-refractivity contribution in [2.75, 3.05) is 37.9 Å². The van der Waals surface area contributed by atoms with Gasteiger partial charge >= 0.3 is 0 Å². The third-order valence-corrected chi connectivity index (χ3v) is 2.00. The highest BCUT2D eigenvalue weighted by atomic mass is 16.5. The second-order valence-electron chi connectivity index (χ2n) is 3.22. The summed E-state index contributed by atoms with van der Waals surface area (Å²) >= 11 is 0. The Labute approximate surface area is 84.7 Å². The lowest BCUT2D eigenvalue weighted by Crippen LogP contribution is -2.20. The van der Waals surface area contributed by atoms with E-state index in [-0.39, 0.29) is 0 Å². The number of nitrogens with two attached hydrogens (primary N) is 1. The zero-order valence-corrected chi connectivity index (χ0v) is 8.73. The van der Waals surface area contributed by atoms with E-state index in [0.717, 1.165) is 31.1 Å². The monoisotopic (exact) mass is 195 g/mol. The number of methoxy groups -OCH3 is 1. The molecule has 0 atom stereocenters. The van der Waals surface area contributed by atoms with Crippen LogP contribution in [-0.2, 0) is 4.74 Å². The van der Waals surface area contributed by atoms with Crippen LogP contribution in [0.3, 0.4) is 0 Å². The van der Waals surface area contributed by atoms with E-state index < -0.39 is 0 Å². The van der Waals surface area contributed by atoms with Gasteiger partial charge in [-0.15, -0.1) is 0 Å². The van der Waals surface area contributed by atoms with Gasteiger partial charge in [0.15, 0.2) is 0 Å². The molecule has 1 aromatic rings. The van der Waals surface area contributed by atoms with Gasteiger partial charge < -0.3 is 15.4 Å². The van der Waals surface area contributed by atoms with Crippen molar-refractivity contribution in [1.29, 1.82) is 0 Å². The molecule has 0 aliphatic rings. The highest BCUT2D eigenvalue weighted by molar-refractivity contribution is 5.49. The normalized spacial score (nSPS) is 10.1. The van der Waals surface area contributed by atoms with Crippen molar-refractivity contribution in [3.8, 4) is 0 Å². The topological polar surface area (TPSA) is 51.4 Å². The van der Waals surface area contributed by atoms with Crippen molar-refractivity contribution < 1.29 is 4.74 Å². The van der Waals surface area contributed by atoms with Crippen molar-refractivity contribution in [2.24, 2.45) is 0 Å².